The summed E-state index contributed by atoms with van der Waals surface area (Å²) in [6, 6.07) is 0. The Labute approximate surface area is 99.4 Å². The van der Waals surface area contributed by atoms with E-state index in [-0.39, 0.29) is 0 Å². The van der Waals surface area contributed by atoms with E-state index in [0.717, 1.165) is 43.8 Å². The lowest BCUT2D eigenvalue weighted by molar-refractivity contribution is 0.166. The monoisotopic (exact) mass is 230 g/mol. The highest BCUT2D eigenvalue weighted by Crippen LogP contribution is 2.39. The van der Waals surface area contributed by atoms with Gasteiger partial charge in [-0.05, 0) is 41.9 Å². The predicted molar refractivity (Wildman–Crippen MR) is 75.2 cm³/mol. The summed E-state index contributed by atoms with van der Waals surface area (Å²) in [7, 11) is 1.08. The average Bonchev–Trinajstić information content (AvgIpc) is 2.16. The number of hydrogen-bond donors (Lipinski definition) is 0. The second kappa shape index (κ2) is 6.89. The molecule has 92 valence electrons. The molecule has 0 aliphatic heterocycles. The molecule has 0 fully saturated rings. The Balaban J connectivity index is 4.72. The van der Waals surface area contributed by atoms with Gasteiger partial charge in [0.1, 0.15) is 0 Å². The second-order valence-electron chi connectivity index (χ2n) is 5.86. The average molecular weight is 230 g/mol. The van der Waals surface area contributed by atoms with E-state index in [4.69, 9.17) is 0 Å². The Bertz CT molecular complexity index is 149. The van der Waals surface area contributed by atoms with Crippen molar-refractivity contribution in [3.8, 4) is 0 Å². The van der Waals surface area contributed by atoms with Crippen molar-refractivity contribution in [2.24, 2.45) is 29.6 Å². The van der Waals surface area contributed by atoms with Crippen molar-refractivity contribution < 1.29 is 0 Å². The fraction of sp³-hybridized carbons (Fsp3) is 1.00. The van der Waals surface area contributed by atoms with Crippen molar-refractivity contribution in [1.82, 2.24) is 0 Å². The molecule has 0 aromatic carbocycles. The van der Waals surface area contributed by atoms with E-state index in [1.807, 2.05) is 0 Å². The number of rotatable bonds is 6. The molecule has 0 aromatic rings. The molecule has 0 spiro atoms. The van der Waals surface area contributed by atoms with Crippen LogP contribution in [0.25, 0.3) is 0 Å². The van der Waals surface area contributed by atoms with Gasteiger partial charge in [-0.25, -0.2) is 0 Å². The van der Waals surface area contributed by atoms with Crippen molar-refractivity contribution in [2.45, 2.75) is 54.1 Å². The minimum absolute atomic E-state index is 0.815. The molecule has 0 rings (SSSR count). The first-order valence-corrected chi connectivity index (χ1v) is 8.07. The maximum Gasteiger partial charge on any atom is -0.0234 e. The SMILES string of the molecule is CPC(C)C(C(C)C(C)C)C(C)C(C)C. The molecule has 1 heteroatoms. The molecular formula is C14H31P. The third-order valence-corrected chi connectivity index (χ3v) is 5.65. The molecule has 4 unspecified atom stereocenters. The van der Waals surface area contributed by atoms with Crippen LogP contribution in [0.2, 0.25) is 0 Å². The van der Waals surface area contributed by atoms with Crippen LogP contribution < -0.4 is 0 Å². The van der Waals surface area contributed by atoms with Crippen molar-refractivity contribution >= 4 is 8.58 Å². The molecule has 15 heavy (non-hydrogen) atoms. The van der Waals surface area contributed by atoms with Crippen molar-refractivity contribution in [1.29, 1.82) is 0 Å². The molecule has 0 aliphatic rings. The molecule has 4 atom stereocenters. The zero-order valence-electron chi connectivity index (χ0n) is 12.0. The van der Waals surface area contributed by atoms with Crippen molar-refractivity contribution in [2.75, 3.05) is 6.66 Å². The lowest BCUT2D eigenvalue weighted by atomic mass is 9.72. The zero-order valence-corrected chi connectivity index (χ0v) is 13.0. The van der Waals surface area contributed by atoms with E-state index < -0.39 is 0 Å². The van der Waals surface area contributed by atoms with Gasteiger partial charge in [0, 0.05) is 0 Å². The maximum atomic E-state index is 2.45. The van der Waals surface area contributed by atoms with Gasteiger partial charge >= 0.3 is 0 Å². The molecule has 0 aliphatic carbocycles. The van der Waals surface area contributed by atoms with E-state index in [2.05, 4.69) is 55.1 Å². The largest absolute Gasteiger partial charge is 0.122 e. The first-order valence-electron chi connectivity index (χ1n) is 6.50. The first-order chi connectivity index (χ1) is 6.82. The summed E-state index contributed by atoms with van der Waals surface area (Å²) in [5, 5.41) is 0. The Morgan fingerprint density at radius 3 is 1.20 bits per heavy atom. The van der Waals surface area contributed by atoms with Crippen LogP contribution in [0.1, 0.15) is 48.5 Å². The highest BCUT2D eigenvalue weighted by atomic mass is 31.1. The van der Waals surface area contributed by atoms with Gasteiger partial charge in [0.2, 0.25) is 0 Å². The van der Waals surface area contributed by atoms with E-state index >= 15 is 0 Å². The van der Waals surface area contributed by atoms with E-state index in [9.17, 15) is 0 Å². The second-order valence-corrected chi connectivity index (χ2v) is 7.35. The van der Waals surface area contributed by atoms with Gasteiger partial charge in [0.15, 0.2) is 0 Å². The van der Waals surface area contributed by atoms with Gasteiger partial charge < -0.3 is 0 Å². The van der Waals surface area contributed by atoms with E-state index in [1.165, 1.54) is 0 Å². The minimum Gasteiger partial charge on any atom is -0.122 e. The van der Waals surface area contributed by atoms with Gasteiger partial charge in [-0.1, -0.05) is 48.5 Å². The van der Waals surface area contributed by atoms with Crippen LogP contribution in [0, 0.1) is 29.6 Å². The predicted octanol–water partition coefficient (Wildman–Crippen LogP) is 4.88. The van der Waals surface area contributed by atoms with E-state index in [1.54, 1.807) is 0 Å². The molecule has 0 saturated carbocycles. The van der Waals surface area contributed by atoms with Gasteiger partial charge in [-0.3, -0.25) is 0 Å². The van der Waals surface area contributed by atoms with Crippen LogP contribution in [-0.4, -0.2) is 12.3 Å². The molecule has 0 aromatic heterocycles. The van der Waals surface area contributed by atoms with Gasteiger partial charge in [0.25, 0.3) is 0 Å². The fourth-order valence-corrected chi connectivity index (χ4v) is 3.46. The molecule has 0 nitrogen and oxygen atoms in total. The minimum atomic E-state index is 0.815. The first kappa shape index (κ1) is 15.4. The summed E-state index contributed by atoms with van der Waals surface area (Å²) >= 11 is 0. The summed E-state index contributed by atoms with van der Waals surface area (Å²) in [6.45, 7) is 19.2. The van der Waals surface area contributed by atoms with Crippen LogP contribution in [0.4, 0.5) is 0 Å². The Hall–Kier alpha value is 0.430. The van der Waals surface area contributed by atoms with Crippen molar-refractivity contribution in [3.63, 3.8) is 0 Å². The van der Waals surface area contributed by atoms with Crippen molar-refractivity contribution in [3.05, 3.63) is 0 Å². The Kier molecular flexibility index (Phi) is 7.09. The third-order valence-electron chi connectivity index (χ3n) is 4.35. The van der Waals surface area contributed by atoms with Gasteiger partial charge in [0.05, 0.1) is 0 Å². The molecule has 0 bridgehead atoms. The quantitative estimate of drug-likeness (QED) is 0.570. The molecule has 0 amide bonds. The maximum absolute atomic E-state index is 2.45. The number of hydrogen-bond acceptors (Lipinski definition) is 0. The lowest BCUT2D eigenvalue weighted by Crippen LogP contribution is -2.32. The third kappa shape index (κ3) is 4.43. The normalized spacial score (nSPS) is 21.2. The standard InChI is InChI=1S/C14H31P/c1-9(2)11(5)14(13(7)15-8)12(6)10(3)4/h9-15H,1-8H3. The smallest absolute Gasteiger partial charge is 0.0234 e. The van der Waals surface area contributed by atoms with Crippen LogP contribution >= 0.6 is 8.58 Å². The van der Waals surface area contributed by atoms with Crippen LogP contribution in [0.5, 0.6) is 0 Å². The summed E-state index contributed by atoms with van der Waals surface area (Å²) in [4.78, 5) is 0. The summed E-state index contributed by atoms with van der Waals surface area (Å²) in [5.41, 5.74) is 0.889. The highest BCUT2D eigenvalue weighted by molar-refractivity contribution is 7.37. The molecular weight excluding hydrogens is 199 g/mol. The van der Waals surface area contributed by atoms with Crippen LogP contribution in [0.3, 0.4) is 0 Å². The van der Waals surface area contributed by atoms with Gasteiger partial charge in [-0.2, -0.15) is 0 Å². The van der Waals surface area contributed by atoms with Crippen LogP contribution in [-0.2, 0) is 0 Å². The molecule has 0 N–H and O–H groups in total. The Morgan fingerprint density at radius 1 is 0.667 bits per heavy atom. The summed E-state index contributed by atoms with van der Waals surface area (Å²) in [5.74, 6) is 4.23. The summed E-state index contributed by atoms with van der Waals surface area (Å²) in [6.07, 6.45) is 0. The fourth-order valence-electron chi connectivity index (χ4n) is 2.47. The summed E-state index contributed by atoms with van der Waals surface area (Å²) < 4.78 is 0. The zero-order chi connectivity index (χ0) is 12.2. The topological polar surface area (TPSA) is 0 Å². The molecule has 0 heterocycles. The van der Waals surface area contributed by atoms with Gasteiger partial charge in [-0.15, -0.1) is 8.58 Å². The molecule has 0 radical (unpaired) electrons. The molecule has 0 saturated heterocycles. The lowest BCUT2D eigenvalue weighted by Gasteiger charge is -2.38. The Morgan fingerprint density at radius 2 is 1.00 bits per heavy atom. The van der Waals surface area contributed by atoms with E-state index in [0.29, 0.717) is 0 Å². The highest BCUT2D eigenvalue weighted by Gasteiger charge is 2.31. The van der Waals surface area contributed by atoms with Crippen LogP contribution in [0.15, 0.2) is 0 Å².